The summed E-state index contributed by atoms with van der Waals surface area (Å²) in [5.74, 6) is 2.04. The average Bonchev–Trinajstić information content (AvgIpc) is 3.44. The highest BCUT2D eigenvalue weighted by Crippen LogP contribution is 2.50. The zero-order valence-electron chi connectivity index (χ0n) is 18.0. The molecule has 2 atom stereocenters. The lowest BCUT2D eigenvalue weighted by Gasteiger charge is -2.41. The lowest BCUT2D eigenvalue weighted by molar-refractivity contribution is -0.145. The molecule has 0 aliphatic carbocycles. The molecule has 0 unspecified atom stereocenters. The van der Waals surface area contributed by atoms with Crippen molar-refractivity contribution in [3.05, 3.63) is 41.7 Å². The molecule has 0 radical (unpaired) electrons. The smallest absolute Gasteiger partial charge is 0.231 e. The predicted octanol–water partition coefficient (Wildman–Crippen LogP) is 3.03. The van der Waals surface area contributed by atoms with E-state index in [-0.39, 0.29) is 30.1 Å². The van der Waals surface area contributed by atoms with E-state index in [1.54, 1.807) is 0 Å². The van der Waals surface area contributed by atoms with Crippen molar-refractivity contribution in [2.45, 2.75) is 45.2 Å². The van der Waals surface area contributed by atoms with Crippen molar-refractivity contribution in [3.63, 3.8) is 0 Å². The molecule has 3 aliphatic heterocycles. The van der Waals surface area contributed by atoms with Crippen molar-refractivity contribution >= 4 is 5.91 Å². The van der Waals surface area contributed by atoms with Crippen LogP contribution in [0.25, 0.3) is 0 Å². The van der Waals surface area contributed by atoms with Crippen molar-refractivity contribution < 1.29 is 14.3 Å². The number of carbonyl (C=O) groups excluding carboxylic acids is 1. The van der Waals surface area contributed by atoms with Gasteiger partial charge in [-0.1, -0.05) is 6.07 Å². The van der Waals surface area contributed by atoms with E-state index in [4.69, 9.17) is 9.47 Å². The molecule has 2 fully saturated rings. The quantitative estimate of drug-likeness (QED) is 0.775. The van der Waals surface area contributed by atoms with Crippen molar-refractivity contribution in [2.24, 2.45) is 5.41 Å². The summed E-state index contributed by atoms with van der Waals surface area (Å²) < 4.78 is 13.1. The third-order valence-corrected chi connectivity index (χ3v) is 6.89. The van der Waals surface area contributed by atoms with E-state index in [1.165, 1.54) is 11.3 Å². The molecule has 0 saturated carbocycles. The number of benzene rings is 1. The highest BCUT2D eigenvalue weighted by Gasteiger charge is 2.55. The van der Waals surface area contributed by atoms with Gasteiger partial charge in [0.2, 0.25) is 12.7 Å². The molecule has 0 N–H and O–H groups in total. The topological polar surface area (TPSA) is 59.8 Å². The van der Waals surface area contributed by atoms with E-state index in [0.29, 0.717) is 0 Å². The number of rotatable bonds is 4. The van der Waals surface area contributed by atoms with Gasteiger partial charge in [0.15, 0.2) is 11.5 Å². The van der Waals surface area contributed by atoms with Crippen LogP contribution < -0.4 is 9.47 Å². The van der Waals surface area contributed by atoms with Crippen molar-refractivity contribution in [1.82, 2.24) is 19.6 Å². The van der Waals surface area contributed by atoms with Gasteiger partial charge in [-0.15, -0.1) is 0 Å². The van der Waals surface area contributed by atoms with Crippen LogP contribution in [0.15, 0.2) is 30.5 Å². The summed E-state index contributed by atoms with van der Waals surface area (Å²) in [7, 11) is 1.94. The minimum atomic E-state index is -0.379. The summed E-state index contributed by atoms with van der Waals surface area (Å²) in [6, 6.07) is 8.52. The van der Waals surface area contributed by atoms with Gasteiger partial charge in [-0.25, -0.2) is 0 Å². The number of nitrogens with zero attached hydrogens (tertiary/aromatic N) is 4. The molecule has 4 heterocycles. The molecule has 5 rings (SSSR count). The van der Waals surface area contributed by atoms with Crippen LogP contribution in [0.2, 0.25) is 0 Å². The van der Waals surface area contributed by atoms with Gasteiger partial charge < -0.3 is 14.4 Å². The number of amides is 1. The SMILES string of the molecule is CC(C)n1nccc1[C@@H]1CN(Cc2ccc3c(c2)OCO3)C[C@]12CCCN(C)C2=O. The minimum Gasteiger partial charge on any atom is -0.454 e. The van der Waals surface area contributed by atoms with Gasteiger partial charge in [-0.3, -0.25) is 14.4 Å². The van der Waals surface area contributed by atoms with Crippen LogP contribution in [0.4, 0.5) is 0 Å². The van der Waals surface area contributed by atoms with Crippen LogP contribution >= 0.6 is 0 Å². The number of aromatic nitrogens is 2. The van der Waals surface area contributed by atoms with Gasteiger partial charge in [-0.2, -0.15) is 5.10 Å². The maximum atomic E-state index is 13.5. The largest absolute Gasteiger partial charge is 0.454 e. The maximum Gasteiger partial charge on any atom is 0.231 e. The first-order valence-electron chi connectivity index (χ1n) is 10.9. The Balaban J connectivity index is 1.47. The molecular weight excluding hydrogens is 380 g/mol. The molecule has 7 heteroatoms. The lowest BCUT2D eigenvalue weighted by atomic mass is 9.70. The zero-order chi connectivity index (χ0) is 20.9. The van der Waals surface area contributed by atoms with Gasteiger partial charge in [-0.05, 0) is 50.5 Å². The van der Waals surface area contributed by atoms with Gasteiger partial charge in [0.1, 0.15) is 0 Å². The summed E-state index contributed by atoms with van der Waals surface area (Å²) in [6.07, 6.45) is 3.86. The number of ether oxygens (including phenoxy) is 2. The summed E-state index contributed by atoms with van der Waals surface area (Å²) in [5.41, 5.74) is 1.99. The molecule has 3 aliphatic rings. The zero-order valence-corrected chi connectivity index (χ0v) is 18.0. The molecule has 1 aromatic carbocycles. The van der Waals surface area contributed by atoms with E-state index in [1.807, 2.05) is 24.2 Å². The number of piperidine rings is 1. The van der Waals surface area contributed by atoms with Crippen LogP contribution in [0.1, 0.15) is 49.9 Å². The van der Waals surface area contributed by atoms with E-state index in [9.17, 15) is 4.79 Å². The van der Waals surface area contributed by atoms with Crippen LogP contribution in [0.3, 0.4) is 0 Å². The Hall–Kier alpha value is -2.54. The Morgan fingerprint density at radius 1 is 1.23 bits per heavy atom. The molecule has 1 aromatic heterocycles. The molecule has 2 saturated heterocycles. The molecule has 0 bridgehead atoms. The van der Waals surface area contributed by atoms with Crippen molar-refractivity contribution in [3.8, 4) is 11.5 Å². The third-order valence-electron chi connectivity index (χ3n) is 6.89. The number of carbonyl (C=O) groups is 1. The maximum absolute atomic E-state index is 13.5. The number of likely N-dealkylation sites (tertiary alicyclic amines) is 2. The second-order valence-corrected chi connectivity index (χ2v) is 9.19. The van der Waals surface area contributed by atoms with E-state index < -0.39 is 0 Å². The Bertz CT molecular complexity index is 956. The molecule has 30 heavy (non-hydrogen) atoms. The average molecular weight is 411 g/mol. The fraction of sp³-hybridized carbons (Fsp3) is 0.565. The normalized spacial score (nSPS) is 26.3. The van der Waals surface area contributed by atoms with E-state index >= 15 is 0 Å². The molecule has 1 spiro atoms. The number of hydrogen-bond acceptors (Lipinski definition) is 5. The monoisotopic (exact) mass is 410 g/mol. The van der Waals surface area contributed by atoms with Crippen molar-refractivity contribution in [1.29, 1.82) is 0 Å². The Kier molecular flexibility index (Phi) is 4.73. The minimum absolute atomic E-state index is 0.145. The van der Waals surface area contributed by atoms with Crippen LogP contribution in [-0.2, 0) is 11.3 Å². The highest BCUT2D eigenvalue weighted by atomic mass is 16.7. The fourth-order valence-corrected chi connectivity index (χ4v) is 5.52. The summed E-state index contributed by atoms with van der Waals surface area (Å²) >= 11 is 0. The fourth-order valence-electron chi connectivity index (χ4n) is 5.52. The van der Waals surface area contributed by atoms with E-state index in [2.05, 4.69) is 46.7 Å². The van der Waals surface area contributed by atoms with Gasteiger partial charge in [0.05, 0.1) is 5.41 Å². The Labute approximate surface area is 177 Å². The number of hydrogen-bond donors (Lipinski definition) is 0. The van der Waals surface area contributed by atoms with Gasteiger partial charge >= 0.3 is 0 Å². The standard InChI is InChI=1S/C23H30N4O3/c1-16(2)27-19(7-9-24-27)18-13-26(14-23(18)8-4-10-25(3)22(23)28)12-17-5-6-20-21(11-17)30-15-29-20/h5-7,9,11,16,18H,4,8,10,12-15H2,1-3H3/t18-,23+/m0/s1. The summed E-state index contributed by atoms with van der Waals surface area (Å²) in [6.45, 7) is 7.86. The first-order chi connectivity index (χ1) is 14.5. The molecular formula is C23H30N4O3. The second-order valence-electron chi connectivity index (χ2n) is 9.19. The highest BCUT2D eigenvalue weighted by molar-refractivity contribution is 5.85. The van der Waals surface area contributed by atoms with Gasteiger partial charge in [0, 0.05) is 57.1 Å². The first kappa shape index (κ1) is 19.4. The second kappa shape index (κ2) is 7.30. The van der Waals surface area contributed by atoms with Crippen molar-refractivity contribution in [2.75, 3.05) is 33.5 Å². The predicted molar refractivity (Wildman–Crippen MR) is 112 cm³/mol. The van der Waals surface area contributed by atoms with Crippen LogP contribution in [0.5, 0.6) is 11.5 Å². The van der Waals surface area contributed by atoms with Crippen LogP contribution in [-0.4, -0.2) is 59.0 Å². The molecule has 160 valence electrons. The number of fused-ring (bicyclic) bond motifs is 1. The molecule has 7 nitrogen and oxygen atoms in total. The Morgan fingerprint density at radius 3 is 2.90 bits per heavy atom. The molecule has 2 aromatic rings. The first-order valence-corrected chi connectivity index (χ1v) is 10.9. The van der Waals surface area contributed by atoms with Crippen LogP contribution in [0, 0.1) is 5.41 Å². The summed E-state index contributed by atoms with van der Waals surface area (Å²) in [4.78, 5) is 17.9. The third kappa shape index (κ3) is 3.07. The Morgan fingerprint density at radius 2 is 2.07 bits per heavy atom. The summed E-state index contributed by atoms with van der Waals surface area (Å²) in [5, 5.41) is 4.57. The molecule has 1 amide bonds. The van der Waals surface area contributed by atoms with Gasteiger partial charge in [0.25, 0.3) is 0 Å². The lowest BCUT2D eigenvalue weighted by Crippen LogP contribution is -2.50. The van der Waals surface area contributed by atoms with E-state index in [0.717, 1.165) is 50.5 Å².